The zero-order valence-electron chi connectivity index (χ0n) is 13.0. The second-order valence-corrected chi connectivity index (χ2v) is 7.53. The van der Waals surface area contributed by atoms with E-state index in [4.69, 9.17) is 4.74 Å². The highest BCUT2D eigenvalue weighted by molar-refractivity contribution is 7.92. The van der Waals surface area contributed by atoms with Crippen LogP contribution < -0.4 is 4.74 Å². The van der Waals surface area contributed by atoms with E-state index >= 15 is 0 Å². The zero-order chi connectivity index (χ0) is 17.2. The van der Waals surface area contributed by atoms with Crippen LogP contribution in [0.1, 0.15) is 18.1 Å². The third-order valence-corrected chi connectivity index (χ3v) is 5.76. The first-order valence-electron chi connectivity index (χ1n) is 7.01. The summed E-state index contributed by atoms with van der Waals surface area (Å²) in [6.07, 6.45) is 0. The SMILES string of the molecule is Cc1cccc(OC(=O)C(C)S(=O)(=O)c2ccc(F)cc2)c1C. The average Bonchev–Trinajstić information content (AvgIpc) is 2.51. The summed E-state index contributed by atoms with van der Waals surface area (Å²) in [7, 11) is -3.94. The number of ether oxygens (including phenoxy) is 1. The van der Waals surface area contributed by atoms with Crippen molar-refractivity contribution in [3.05, 3.63) is 59.4 Å². The summed E-state index contributed by atoms with van der Waals surface area (Å²) < 4.78 is 43.0. The molecule has 1 unspecified atom stereocenters. The molecule has 1 atom stereocenters. The van der Waals surface area contributed by atoms with E-state index in [1.165, 1.54) is 6.92 Å². The summed E-state index contributed by atoms with van der Waals surface area (Å²) in [5, 5.41) is -1.40. The Labute approximate surface area is 134 Å². The molecule has 2 aromatic rings. The summed E-state index contributed by atoms with van der Waals surface area (Å²) in [6, 6.07) is 9.54. The third-order valence-electron chi connectivity index (χ3n) is 3.71. The normalized spacial score (nSPS) is 12.7. The second-order valence-electron chi connectivity index (χ2n) is 5.26. The molecule has 0 aliphatic carbocycles. The Balaban J connectivity index is 2.25. The van der Waals surface area contributed by atoms with E-state index in [1.807, 2.05) is 13.0 Å². The lowest BCUT2D eigenvalue weighted by Crippen LogP contribution is -2.31. The van der Waals surface area contributed by atoms with Crippen LogP contribution in [-0.4, -0.2) is 19.6 Å². The first-order chi connectivity index (χ1) is 10.7. The molecule has 0 fully saturated rings. The summed E-state index contributed by atoms with van der Waals surface area (Å²) in [5.41, 5.74) is 1.71. The van der Waals surface area contributed by atoms with Crippen molar-refractivity contribution in [1.82, 2.24) is 0 Å². The van der Waals surface area contributed by atoms with Crippen LogP contribution in [0.3, 0.4) is 0 Å². The number of halogens is 1. The second kappa shape index (κ2) is 6.50. The zero-order valence-corrected chi connectivity index (χ0v) is 13.9. The molecule has 0 radical (unpaired) electrons. The first-order valence-corrected chi connectivity index (χ1v) is 8.55. The lowest BCUT2D eigenvalue weighted by molar-refractivity contribution is -0.133. The first kappa shape index (κ1) is 17.1. The third kappa shape index (κ3) is 3.59. The van der Waals surface area contributed by atoms with Gasteiger partial charge >= 0.3 is 5.97 Å². The van der Waals surface area contributed by atoms with Crippen LogP contribution in [0.2, 0.25) is 0 Å². The average molecular weight is 336 g/mol. The number of aryl methyl sites for hydroxylation is 1. The van der Waals surface area contributed by atoms with Gasteiger partial charge in [0.1, 0.15) is 11.6 Å². The van der Waals surface area contributed by atoms with E-state index in [2.05, 4.69) is 0 Å². The maximum absolute atomic E-state index is 12.9. The Bertz CT molecular complexity index is 826. The fourth-order valence-corrected chi connectivity index (χ4v) is 3.21. The van der Waals surface area contributed by atoms with E-state index in [-0.39, 0.29) is 4.90 Å². The summed E-state index contributed by atoms with van der Waals surface area (Å²) >= 11 is 0. The number of sulfone groups is 1. The van der Waals surface area contributed by atoms with Crippen LogP contribution in [0.15, 0.2) is 47.4 Å². The van der Waals surface area contributed by atoms with Gasteiger partial charge in [0.15, 0.2) is 15.1 Å². The smallest absolute Gasteiger partial charge is 0.329 e. The Kier molecular flexibility index (Phi) is 4.85. The standard InChI is InChI=1S/C17H17FO4S/c1-11-5-4-6-16(12(11)2)22-17(19)13(3)23(20,21)15-9-7-14(18)8-10-15/h4-10,13H,1-3H3. The summed E-state index contributed by atoms with van der Waals surface area (Å²) in [6.45, 7) is 4.91. The number of carbonyl (C=O) groups excluding carboxylic acids is 1. The molecule has 0 aliphatic heterocycles. The van der Waals surface area contributed by atoms with Crippen molar-refractivity contribution in [2.24, 2.45) is 0 Å². The highest BCUT2D eigenvalue weighted by Gasteiger charge is 2.31. The van der Waals surface area contributed by atoms with Gasteiger partial charge in [0.25, 0.3) is 0 Å². The molecule has 2 rings (SSSR count). The van der Waals surface area contributed by atoms with Gasteiger partial charge in [0, 0.05) is 0 Å². The molecule has 0 aromatic heterocycles. The summed E-state index contributed by atoms with van der Waals surface area (Å²) in [5.74, 6) is -1.09. The molecule has 0 spiro atoms. The molecule has 0 bridgehead atoms. The number of hydrogen-bond acceptors (Lipinski definition) is 4. The number of esters is 1. The lowest BCUT2D eigenvalue weighted by Gasteiger charge is -2.14. The van der Waals surface area contributed by atoms with Crippen LogP contribution >= 0.6 is 0 Å². The molecule has 0 saturated carbocycles. The minimum Gasteiger partial charge on any atom is -0.425 e. The molecule has 0 N–H and O–H groups in total. The van der Waals surface area contributed by atoms with Crippen LogP contribution in [0.25, 0.3) is 0 Å². The van der Waals surface area contributed by atoms with Gasteiger partial charge in [-0.1, -0.05) is 12.1 Å². The molecule has 0 amide bonds. The van der Waals surface area contributed by atoms with Crippen LogP contribution in [-0.2, 0) is 14.6 Å². The Morgan fingerprint density at radius 2 is 1.70 bits per heavy atom. The molecule has 122 valence electrons. The van der Waals surface area contributed by atoms with Crippen molar-refractivity contribution in [2.75, 3.05) is 0 Å². The molecule has 0 saturated heterocycles. The Morgan fingerprint density at radius 3 is 2.30 bits per heavy atom. The quantitative estimate of drug-likeness (QED) is 0.489. The Morgan fingerprint density at radius 1 is 1.09 bits per heavy atom. The van der Waals surface area contributed by atoms with Crippen LogP contribution in [0.5, 0.6) is 5.75 Å². The van der Waals surface area contributed by atoms with Gasteiger partial charge in [0.05, 0.1) is 4.90 Å². The van der Waals surface area contributed by atoms with Gasteiger partial charge in [-0.15, -0.1) is 0 Å². The molecule has 2 aromatic carbocycles. The van der Waals surface area contributed by atoms with Crippen molar-refractivity contribution in [3.8, 4) is 5.75 Å². The molecule has 4 nitrogen and oxygen atoms in total. The van der Waals surface area contributed by atoms with E-state index in [1.54, 1.807) is 19.1 Å². The van der Waals surface area contributed by atoms with Gasteiger partial charge in [-0.05, 0) is 62.2 Å². The topological polar surface area (TPSA) is 60.4 Å². The molecular weight excluding hydrogens is 319 g/mol. The maximum Gasteiger partial charge on any atom is 0.329 e. The lowest BCUT2D eigenvalue weighted by atomic mass is 10.1. The van der Waals surface area contributed by atoms with E-state index in [9.17, 15) is 17.6 Å². The molecule has 6 heteroatoms. The summed E-state index contributed by atoms with van der Waals surface area (Å²) in [4.78, 5) is 12.1. The predicted octanol–water partition coefficient (Wildman–Crippen LogP) is 3.21. The molecule has 23 heavy (non-hydrogen) atoms. The van der Waals surface area contributed by atoms with Gasteiger partial charge in [-0.3, -0.25) is 4.79 Å². The van der Waals surface area contributed by atoms with Gasteiger partial charge in [-0.2, -0.15) is 0 Å². The highest BCUT2D eigenvalue weighted by Crippen LogP contribution is 2.23. The predicted molar refractivity (Wildman–Crippen MR) is 84.6 cm³/mol. The minimum atomic E-state index is -3.94. The highest BCUT2D eigenvalue weighted by atomic mass is 32.2. The molecule has 0 aliphatic rings. The minimum absolute atomic E-state index is 0.121. The van der Waals surface area contributed by atoms with E-state index in [0.717, 1.165) is 35.4 Å². The monoisotopic (exact) mass is 336 g/mol. The largest absolute Gasteiger partial charge is 0.425 e. The van der Waals surface area contributed by atoms with Crippen molar-refractivity contribution in [2.45, 2.75) is 30.9 Å². The number of benzene rings is 2. The van der Waals surface area contributed by atoms with Gasteiger partial charge in [0.2, 0.25) is 0 Å². The fourth-order valence-electron chi connectivity index (χ4n) is 1.98. The number of rotatable bonds is 4. The molecule has 0 heterocycles. The van der Waals surface area contributed by atoms with Crippen LogP contribution in [0.4, 0.5) is 4.39 Å². The van der Waals surface area contributed by atoms with Crippen molar-refractivity contribution >= 4 is 15.8 Å². The van der Waals surface area contributed by atoms with E-state index < -0.39 is 26.9 Å². The van der Waals surface area contributed by atoms with Crippen molar-refractivity contribution < 1.29 is 22.3 Å². The molecular formula is C17H17FO4S. The van der Waals surface area contributed by atoms with Crippen LogP contribution in [0, 0.1) is 19.7 Å². The van der Waals surface area contributed by atoms with Crippen molar-refractivity contribution in [1.29, 1.82) is 0 Å². The van der Waals surface area contributed by atoms with Gasteiger partial charge < -0.3 is 4.74 Å². The van der Waals surface area contributed by atoms with Crippen molar-refractivity contribution in [3.63, 3.8) is 0 Å². The maximum atomic E-state index is 12.9. The van der Waals surface area contributed by atoms with Gasteiger partial charge in [-0.25, -0.2) is 12.8 Å². The number of carbonyl (C=O) groups is 1. The Hall–Kier alpha value is -2.21. The van der Waals surface area contributed by atoms with E-state index in [0.29, 0.717) is 5.75 Å². The number of hydrogen-bond donors (Lipinski definition) is 0. The fraction of sp³-hybridized carbons (Fsp3) is 0.235.